The molecule has 0 radical (unpaired) electrons. The van der Waals surface area contributed by atoms with Gasteiger partial charge in [-0.05, 0) is 37.4 Å². The molecule has 1 aromatic carbocycles. The van der Waals surface area contributed by atoms with Gasteiger partial charge in [0.1, 0.15) is 10.7 Å². The highest BCUT2D eigenvalue weighted by atomic mass is 32.2. The molecule has 0 saturated carbocycles. The summed E-state index contributed by atoms with van der Waals surface area (Å²) in [5.41, 5.74) is 1.42. The molecule has 0 aliphatic carbocycles. The summed E-state index contributed by atoms with van der Waals surface area (Å²) in [5, 5.41) is 5.73. The first-order chi connectivity index (χ1) is 11.1. The molecule has 0 amide bonds. The molecule has 118 valence electrons. The van der Waals surface area contributed by atoms with E-state index in [9.17, 15) is 8.42 Å². The van der Waals surface area contributed by atoms with Gasteiger partial charge in [0.2, 0.25) is 16.0 Å². The van der Waals surface area contributed by atoms with Crippen molar-refractivity contribution in [3.63, 3.8) is 0 Å². The minimum atomic E-state index is -3.44. The molecule has 0 spiro atoms. The number of hydrogen-bond donors (Lipinski definition) is 2. The van der Waals surface area contributed by atoms with Gasteiger partial charge in [-0.2, -0.15) is 0 Å². The smallest absolute Gasteiger partial charge is 0.240 e. The average Bonchev–Trinajstić information content (AvgIpc) is 3.10. The summed E-state index contributed by atoms with van der Waals surface area (Å²) in [6, 6.07) is 8.12. The molecule has 0 aliphatic rings. The van der Waals surface area contributed by atoms with Crippen LogP contribution in [0.5, 0.6) is 0 Å². The molecular weight excluding hydrogens is 334 g/mol. The predicted molar refractivity (Wildman–Crippen MR) is 89.1 cm³/mol. The van der Waals surface area contributed by atoms with E-state index in [4.69, 9.17) is 0 Å². The van der Waals surface area contributed by atoms with Gasteiger partial charge in [-0.25, -0.2) is 28.1 Å². The highest BCUT2D eigenvalue weighted by Gasteiger charge is 2.11. The fourth-order valence-corrected chi connectivity index (χ4v) is 3.19. The Hall–Kier alpha value is -2.36. The molecule has 3 aromatic rings. The predicted octanol–water partition coefficient (Wildman–Crippen LogP) is 2.25. The second-order valence-corrected chi connectivity index (χ2v) is 7.24. The lowest BCUT2D eigenvalue weighted by Gasteiger charge is -2.07. The quantitative estimate of drug-likeness (QED) is 0.735. The van der Waals surface area contributed by atoms with Gasteiger partial charge in [0, 0.05) is 23.5 Å². The van der Waals surface area contributed by atoms with E-state index >= 15 is 0 Å². The van der Waals surface area contributed by atoms with Crippen molar-refractivity contribution < 1.29 is 8.42 Å². The van der Waals surface area contributed by atoms with Gasteiger partial charge in [-0.15, -0.1) is 11.3 Å². The Morgan fingerprint density at radius 1 is 1.04 bits per heavy atom. The first-order valence-electron chi connectivity index (χ1n) is 6.62. The van der Waals surface area contributed by atoms with Gasteiger partial charge in [0.15, 0.2) is 0 Å². The molecule has 0 atom stereocenters. The maximum Gasteiger partial charge on any atom is 0.240 e. The van der Waals surface area contributed by atoms with Crippen LogP contribution in [0.15, 0.2) is 53.0 Å². The summed E-state index contributed by atoms with van der Waals surface area (Å²) in [5.74, 6) is 0.418. The molecule has 9 heteroatoms. The molecule has 3 rings (SSSR count). The maximum absolute atomic E-state index is 11.7. The summed E-state index contributed by atoms with van der Waals surface area (Å²) < 4.78 is 25.6. The van der Waals surface area contributed by atoms with Gasteiger partial charge in [-0.1, -0.05) is 0 Å². The normalized spacial score (nSPS) is 11.3. The zero-order chi connectivity index (χ0) is 16.3. The molecule has 0 bridgehead atoms. The van der Waals surface area contributed by atoms with Crippen molar-refractivity contribution in [2.45, 2.75) is 4.90 Å². The molecule has 23 heavy (non-hydrogen) atoms. The van der Waals surface area contributed by atoms with E-state index in [2.05, 4.69) is 25.0 Å². The van der Waals surface area contributed by atoms with Crippen molar-refractivity contribution in [2.24, 2.45) is 0 Å². The van der Waals surface area contributed by atoms with Crippen molar-refractivity contribution in [2.75, 3.05) is 12.4 Å². The third kappa shape index (κ3) is 3.52. The molecule has 2 N–H and O–H groups in total. The van der Waals surface area contributed by atoms with Crippen LogP contribution in [-0.2, 0) is 10.0 Å². The standard InChI is InChI=1S/C14H13N5O2S2/c1-15-23(20,21)11-4-2-10(3-5-11)18-14-17-7-6-12(19-14)13-16-8-9-22-13/h2-9,15H,1H3,(H,17,18,19). The molecule has 0 aliphatic heterocycles. The largest absolute Gasteiger partial charge is 0.324 e. The van der Waals surface area contributed by atoms with Gasteiger partial charge in [0.05, 0.1) is 4.90 Å². The summed E-state index contributed by atoms with van der Waals surface area (Å²) in [7, 11) is -2.07. The summed E-state index contributed by atoms with van der Waals surface area (Å²) in [6.45, 7) is 0. The van der Waals surface area contributed by atoms with E-state index in [1.54, 1.807) is 30.6 Å². The molecule has 0 fully saturated rings. The number of aromatic nitrogens is 3. The Morgan fingerprint density at radius 3 is 2.48 bits per heavy atom. The second-order valence-electron chi connectivity index (χ2n) is 4.46. The molecule has 0 unspecified atom stereocenters. The van der Waals surface area contributed by atoms with E-state index in [0.717, 1.165) is 10.7 Å². The van der Waals surface area contributed by atoms with Gasteiger partial charge < -0.3 is 5.32 Å². The van der Waals surface area contributed by atoms with E-state index in [1.165, 1.54) is 30.5 Å². The van der Waals surface area contributed by atoms with Crippen LogP contribution >= 0.6 is 11.3 Å². The number of nitrogens with one attached hydrogen (secondary N) is 2. The third-order valence-corrected chi connectivity index (χ3v) is 5.22. The Morgan fingerprint density at radius 2 is 1.83 bits per heavy atom. The van der Waals surface area contributed by atoms with E-state index in [-0.39, 0.29) is 4.90 Å². The van der Waals surface area contributed by atoms with Crippen LogP contribution in [-0.4, -0.2) is 30.4 Å². The number of anilines is 2. The van der Waals surface area contributed by atoms with Crippen LogP contribution in [0.3, 0.4) is 0 Å². The molecule has 7 nitrogen and oxygen atoms in total. The minimum Gasteiger partial charge on any atom is -0.324 e. The Bertz CT molecular complexity index is 893. The Labute approximate surface area is 137 Å². The zero-order valence-corrected chi connectivity index (χ0v) is 13.7. The molecule has 2 aromatic heterocycles. The van der Waals surface area contributed by atoms with Gasteiger partial charge in [-0.3, -0.25) is 0 Å². The number of sulfonamides is 1. The highest BCUT2D eigenvalue weighted by Crippen LogP contribution is 2.21. The molecule has 2 heterocycles. The lowest BCUT2D eigenvalue weighted by Crippen LogP contribution is -2.18. The molecule has 0 saturated heterocycles. The first-order valence-corrected chi connectivity index (χ1v) is 8.98. The van der Waals surface area contributed by atoms with Crippen molar-refractivity contribution in [3.05, 3.63) is 48.1 Å². The highest BCUT2D eigenvalue weighted by molar-refractivity contribution is 7.89. The monoisotopic (exact) mass is 347 g/mol. The number of thiazole rings is 1. The van der Waals surface area contributed by atoms with Crippen molar-refractivity contribution >= 4 is 33.0 Å². The van der Waals surface area contributed by atoms with Crippen LogP contribution in [0, 0.1) is 0 Å². The van der Waals surface area contributed by atoms with Crippen LogP contribution < -0.4 is 10.0 Å². The number of rotatable bonds is 5. The summed E-state index contributed by atoms with van der Waals surface area (Å²) in [6.07, 6.45) is 3.36. The number of benzene rings is 1. The van der Waals surface area contributed by atoms with E-state index in [1.807, 2.05) is 5.38 Å². The fraction of sp³-hybridized carbons (Fsp3) is 0.0714. The Balaban J connectivity index is 1.81. The first kappa shape index (κ1) is 15.5. The van der Waals surface area contributed by atoms with Gasteiger partial charge in [0.25, 0.3) is 0 Å². The van der Waals surface area contributed by atoms with Crippen LogP contribution in [0.1, 0.15) is 0 Å². The summed E-state index contributed by atoms with van der Waals surface area (Å²) >= 11 is 1.50. The van der Waals surface area contributed by atoms with Crippen molar-refractivity contribution in [1.82, 2.24) is 19.7 Å². The zero-order valence-electron chi connectivity index (χ0n) is 12.1. The minimum absolute atomic E-state index is 0.197. The van der Waals surface area contributed by atoms with E-state index < -0.39 is 10.0 Å². The lowest BCUT2D eigenvalue weighted by molar-refractivity contribution is 0.588. The number of nitrogens with zero attached hydrogens (tertiary/aromatic N) is 3. The molecular formula is C14H13N5O2S2. The summed E-state index contributed by atoms with van der Waals surface area (Å²) in [4.78, 5) is 13.0. The lowest BCUT2D eigenvalue weighted by atomic mass is 10.3. The third-order valence-electron chi connectivity index (χ3n) is 3.00. The van der Waals surface area contributed by atoms with E-state index in [0.29, 0.717) is 11.6 Å². The van der Waals surface area contributed by atoms with Crippen LogP contribution in [0.2, 0.25) is 0 Å². The van der Waals surface area contributed by atoms with Gasteiger partial charge >= 0.3 is 0 Å². The Kier molecular flexibility index (Phi) is 4.33. The second kappa shape index (κ2) is 6.41. The maximum atomic E-state index is 11.7. The fourth-order valence-electron chi connectivity index (χ4n) is 1.85. The SMILES string of the molecule is CNS(=O)(=O)c1ccc(Nc2nccc(-c3nccs3)n2)cc1. The van der Waals surface area contributed by atoms with Crippen molar-refractivity contribution in [3.8, 4) is 10.7 Å². The number of hydrogen-bond acceptors (Lipinski definition) is 7. The van der Waals surface area contributed by atoms with Crippen LogP contribution in [0.25, 0.3) is 10.7 Å². The topological polar surface area (TPSA) is 96.9 Å². The average molecular weight is 347 g/mol. The van der Waals surface area contributed by atoms with Crippen molar-refractivity contribution in [1.29, 1.82) is 0 Å². The van der Waals surface area contributed by atoms with Crippen LogP contribution in [0.4, 0.5) is 11.6 Å².